The molecule has 1 aliphatic rings. The molecule has 0 spiro atoms. The molecule has 4 heteroatoms. The molecule has 0 saturated carbocycles. The van der Waals surface area contributed by atoms with E-state index in [4.69, 9.17) is 4.74 Å². The summed E-state index contributed by atoms with van der Waals surface area (Å²) in [5.74, 6) is 0.891. The van der Waals surface area contributed by atoms with E-state index in [9.17, 15) is 0 Å². The van der Waals surface area contributed by atoms with Gasteiger partial charge >= 0.3 is 0 Å². The molecule has 0 fully saturated rings. The molecule has 100 valence electrons. The Balaban J connectivity index is 1.91. The first-order chi connectivity index (χ1) is 9.28. The summed E-state index contributed by atoms with van der Waals surface area (Å²) >= 11 is 3.61. The van der Waals surface area contributed by atoms with Crippen LogP contribution >= 0.6 is 15.9 Å². The second kappa shape index (κ2) is 5.37. The first kappa shape index (κ1) is 12.7. The molecule has 0 saturated heterocycles. The highest BCUT2D eigenvalue weighted by molar-refractivity contribution is 9.10. The maximum atomic E-state index is 5.29. The molecule has 0 bridgehead atoms. The molecular formula is C15H17BrN2O. The molecule has 2 aromatic rings. The number of halogens is 1. The van der Waals surface area contributed by atoms with Crippen LogP contribution in [0.25, 0.3) is 0 Å². The lowest BCUT2D eigenvalue weighted by Crippen LogP contribution is -2.03. The molecule has 1 aromatic heterocycles. The highest BCUT2D eigenvalue weighted by Crippen LogP contribution is 2.28. The van der Waals surface area contributed by atoms with Gasteiger partial charge < -0.3 is 4.74 Å². The second-order valence-corrected chi connectivity index (χ2v) is 5.82. The number of ether oxygens (including phenoxy) is 1. The van der Waals surface area contributed by atoms with Crippen LogP contribution in [0, 0.1) is 0 Å². The number of rotatable bonds is 3. The minimum Gasteiger partial charge on any atom is -0.497 e. The van der Waals surface area contributed by atoms with E-state index in [0.717, 1.165) is 29.5 Å². The first-order valence-corrected chi connectivity index (χ1v) is 7.44. The third-order valence-electron chi connectivity index (χ3n) is 3.75. The number of H-pyrrole nitrogens is 1. The quantitative estimate of drug-likeness (QED) is 0.937. The highest BCUT2D eigenvalue weighted by Gasteiger charge is 2.17. The van der Waals surface area contributed by atoms with E-state index in [1.807, 2.05) is 12.1 Å². The maximum Gasteiger partial charge on any atom is 0.119 e. The number of aromatic nitrogens is 2. The molecule has 1 aliphatic carbocycles. The van der Waals surface area contributed by atoms with Crippen molar-refractivity contribution in [3.05, 3.63) is 45.2 Å². The largest absolute Gasteiger partial charge is 0.497 e. The Morgan fingerprint density at radius 2 is 2.16 bits per heavy atom. The van der Waals surface area contributed by atoms with Crippen LogP contribution in [0.1, 0.15) is 35.4 Å². The molecule has 1 heterocycles. The van der Waals surface area contributed by atoms with Crippen molar-refractivity contribution >= 4 is 15.9 Å². The van der Waals surface area contributed by atoms with Gasteiger partial charge in [-0.15, -0.1) is 0 Å². The van der Waals surface area contributed by atoms with Crippen LogP contribution < -0.4 is 4.74 Å². The highest BCUT2D eigenvalue weighted by atomic mass is 79.9. The monoisotopic (exact) mass is 320 g/mol. The topological polar surface area (TPSA) is 37.9 Å². The van der Waals surface area contributed by atoms with Crippen molar-refractivity contribution in [2.45, 2.75) is 32.1 Å². The van der Waals surface area contributed by atoms with Gasteiger partial charge in [-0.05, 0) is 55.0 Å². The molecule has 0 amide bonds. The van der Waals surface area contributed by atoms with E-state index in [0.29, 0.717) is 0 Å². The number of hydrogen-bond donors (Lipinski definition) is 1. The Bertz CT molecular complexity index is 592. The third kappa shape index (κ3) is 2.54. The van der Waals surface area contributed by atoms with Gasteiger partial charge in [0.1, 0.15) is 5.75 Å². The van der Waals surface area contributed by atoms with Crippen LogP contribution in [0.15, 0.2) is 22.7 Å². The molecule has 1 aromatic carbocycles. The standard InChI is InChI=1S/C15H17BrN2O/c1-19-11-6-7-13(16)10(8-11)9-15-12-4-2-3-5-14(12)17-18-15/h6-8H,2-5,9H2,1H3,(H,17,18). The Kier molecular flexibility index (Phi) is 3.60. The molecule has 3 nitrogen and oxygen atoms in total. The SMILES string of the molecule is COc1ccc(Br)c(Cc2n[nH]c3c2CCCC3)c1. The average molecular weight is 321 g/mol. The Morgan fingerprint density at radius 1 is 1.32 bits per heavy atom. The number of nitrogens with one attached hydrogen (secondary N) is 1. The summed E-state index contributed by atoms with van der Waals surface area (Å²) in [5.41, 5.74) is 5.17. The molecule has 0 atom stereocenters. The minimum absolute atomic E-state index is 0.851. The van der Waals surface area contributed by atoms with Crippen molar-refractivity contribution < 1.29 is 4.74 Å². The fourth-order valence-corrected chi connectivity index (χ4v) is 3.08. The normalized spacial score (nSPS) is 14.2. The Morgan fingerprint density at radius 3 is 3.00 bits per heavy atom. The molecule has 3 rings (SSSR count). The van der Waals surface area contributed by atoms with Gasteiger partial charge in [-0.2, -0.15) is 5.10 Å². The van der Waals surface area contributed by atoms with E-state index in [-0.39, 0.29) is 0 Å². The summed E-state index contributed by atoms with van der Waals surface area (Å²) in [4.78, 5) is 0. The zero-order chi connectivity index (χ0) is 13.2. The Labute approximate surface area is 121 Å². The van der Waals surface area contributed by atoms with Crippen molar-refractivity contribution in [3.63, 3.8) is 0 Å². The fraction of sp³-hybridized carbons (Fsp3) is 0.400. The van der Waals surface area contributed by atoms with Crippen LogP contribution in [-0.4, -0.2) is 17.3 Å². The number of aryl methyl sites for hydroxylation is 1. The van der Waals surface area contributed by atoms with E-state index >= 15 is 0 Å². The number of benzene rings is 1. The first-order valence-electron chi connectivity index (χ1n) is 6.65. The summed E-state index contributed by atoms with van der Waals surface area (Å²) in [7, 11) is 1.70. The summed E-state index contributed by atoms with van der Waals surface area (Å²) < 4.78 is 6.40. The van der Waals surface area contributed by atoms with Crippen molar-refractivity contribution in [3.8, 4) is 5.75 Å². The number of fused-ring (bicyclic) bond motifs is 1. The lowest BCUT2D eigenvalue weighted by molar-refractivity contribution is 0.414. The lowest BCUT2D eigenvalue weighted by atomic mass is 9.94. The van der Waals surface area contributed by atoms with Gasteiger partial charge in [0.15, 0.2) is 0 Å². The van der Waals surface area contributed by atoms with Crippen LogP contribution in [0.4, 0.5) is 0 Å². The van der Waals surface area contributed by atoms with Gasteiger partial charge in [0.2, 0.25) is 0 Å². The molecule has 0 unspecified atom stereocenters. The zero-order valence-corrected chi connectivity index (χ0v) is 12.6. The van der Waals surface area contributed by atoms with Gasteiger partial charge in [0.05, 0.1) is 12.8 Å². The third-order valence-corrected chi connectivity index (χ3v) is 4.53. The predicted molar refractivity (Wildman–Crippen MR) is 78.7 cm³/mol. The molecule has 0 aliphatic heterocycles. The van der Waals surface area contributed by atoms with Gasteiger partial charge in [-0.1, -0.05) is 15.9 Å². The Hall–Kier alpha value is -1.29. The van der Waals surface area contributed by atoms with Gasteiger partial charge in [0.25, 0.3) is 0 Å². The minimum atomic E-state index is 0.851. The van der Waals surface area contributed by atoms with E-state index in [1.165, 1.54) is 35.4 Å². The molecule has 0 radical (unpaired) electrons. The summed E-state index contributed by atoms with van der Waals surface area (Å²) in [6.07, 6.45) is 5.70. The summed E-state index contributed by atoms with van der Waals surface area (Å²) in [5, 5.41) is 7.70. The van der Waals surface area contributed by atoms with Gasteiger partial charge in [-0.3, -0.25) is 5.10 Å². The van der Waals surface area contributed by atoms with Crippen molar-refractivity contribution in [1.82, 2.24) is 10.2 Å². The molecule has 19 heavy (non-hydrogen) atoms. The van der Waals surface area contributed by atoms with Crippen molar-refractivity contribution in [2.24, 2.45) is 0 Å². The van der Waals surface area contributed by atoms with E-state index < -0.39 is 0 Å². The van der Waals surface area contributed by atoms with Crippen LogP contribution in [0.2, 0.25) is 0 Å². The summed E-state index contributed by atoms with van der Waals surface area (Å²) in [6, 6.07) is 6.08. The average Bonchev–Trinajstić information content (AvgIpc) is 2.85. The van der Waals surface area contributed by atoms with Gasteiger partial charge in [-0.25, -0.2) is 0 Å². The predicted octanol–water partition coefficient (Wildman–Crippen LogP) is 3.65. The number of nitrogens with zero attached hydrogens (tertiary/aromatic N) is 1. The lowest BCUT2D eigenvalue weighted by Gasteiger charge is -2.12. The number of aromatic amines is 1. The van der Waals surface area contributed by atoms with E-state index in [1.54, 1.807) is 7.11 Å². The molecular weight excluding hydrogens is 304 g/mol. The zero-order valence-electron chi connectivity index (χ0n) is 11.0. The smallest absolute Gasteiger partial charge is 0.119 e. The van der Waals surface area contributed by atoms with Gasteiger partial charge in [0, 0.05) is 16.6 Å². The van der Waals surface area contributed by atoms with Crippen molar-refractivity contribution in [2.75, 3.05) is 7.11 Å². The van der Waals surface area contributed by atoms with Crippen LogP contribution in [-0.2, 0) is 19.3 Å². The van der Waals surface area contributed by atoms with Crippen LogP contribution in [0.3, 0.4) is 0 Å². The second-order valence-electron chi connectivity index (χ2n) is 4.97. The molecule has 1 N–H and O–H groups in total. The van der Waals surface area contributed by atoms with Crippen LogP contribution in [0.5, 0.6) is 5.75 Å². The van der Waals surface area contributed by atoms with Crippen molar-refractivity contribution in [1.29, 1.82) is 0 Å². The summed E-state index contributed by atoms with van der Waals surface area (Å²) in [6.45, 7) is 0. The fourth-order valence-electron chi connectivity index (χ4n) is 2.69. The number of hydrogen-bond acceptors (Lipinski definition) is 2. The maximum absolute atomic E-state index is 5.29. The number of methoxy groups -OCH3 is 1. The van der Waals surface area contributed by atoms with E-state index in [2.05, 4.69) is 32.2 Å².